The summed E-state index contributed by atoms with van der Waals surface area (Å²) in [7, 11) is 0. The van der Waals surface area contributed by atoms with E-state index in [0.717, 1.165) is 23.1 Å². The Balaban J connectivity index is 1.48. The Morgan fingerprint density at radius 2 is 1.93 bits per heavy atom. The number of carbonyl (C=O) groups is 1. The van der Waals surface area contributed by atoms with Gasteiger partial charge in [0.1, 0.15) is 23.1 Å². The summed E-state index contributed by atoms with van der Waals surface area (Å²) in [5, 5.41) is 1.05. The molecule has 4 rings (SSSR count). The molecule has 0 N–H and O–H groups in total. The van der Waals surface area contributed by atoms with Crippen LogP contribution in [0.25, 0.3) is 10.9 Å². The van der Waals surface area contributed by atoms with E-state index in [9.17, 15) is 4.79 Å². The molecule has 2 aromatic carbocycles. The summed E-state index contributed by atoms with van der Waals surface area (Å²) in [6, 6.07) is 17.2. The van der Waals surface area contributed by atoms with Crippen molar-refractivity contribution in [3.8, 4) is 11.5 Å². The van der Waals surface area contributed by atoms with Gasteiger partial charge in [0.15, 0.2) is 0 Å². The molecule has 5 heteroatoms. The molecule has 5 nitrogen and oxygen atoms in total. The van der Waals surface area contributed by atoms with E-state index >= 15 is 0 Å². The molecule has 1 aliphatic heterocycles. The fourth-order valence-electron chi connectivity index (χ4n) is 3.45. The molecule has 1 saturated heterocycles. The number of fused-ring (bicyclic) bond motifs is 1. The second kappa shape index (κ2) is 7.66. The third-order valence-electron chi connectivity index (χ3n) is 4.74. The van der Waals surface area contributed by atoms with Crippen LogP contribution in [0.4, 0.5) is 0 Å². The number of pyridine rings is 1. The number of hydrogen-bond donors (Lipinski definition) is 0. The summed E-state index contributed by atoms with van der Waals surface area (Å²) in [5.74, 6) is 1.39. The number of likely N-dealkylation sites (tertiary alicyclic amines) is 1. The molecule has 0 radical (unpaired) electrons. The van der Waals surface area contributed by atoms with E-state index in [4.69, 9.17) is 9.47 Å². The van der Waals surface area contributed by atoms with Crippen LogP contribution in [0.5, 0.6) is 11.5 Å². The average Bonchev–Trinajstić information content (AvgIpc) is 3.17. The van der Waals surface area contributed by atoms with Crippen molar-refractivity contribution in [1.82, 2.24) is 9.88 Å². The van der Waals surface area contributed by atoms with Crippen LogP contribution in [0.2, 0.25) is 0 Å². The highest BCUT2D eigenvalue weighted by atomic mass is 16.5. The van der Waals surface area contributed by atoms with E-state index in [1.807, 2.05) is 66.4 Å². The first-order valence-corrected chi connectivity index (χ1v) is 9.27. The second-order valence-corrected chi connectivity index (χ2v) is 6.54. The smallest absolute Gasteiger partial charge is 0.257 e. The number of nitrogens with zero attached hydrogens (tertiary/aromatic N) is 2. The number of amides is 1. The lowest BCUT2D eigenvalue weighted by Gasteiger charge is -2.19. The van der Waals surface area contributed by atoms with Gasteiger partial charge in [-0.2, -0.15) is 0 Å². The summed E-state index contributed by atoms with van der Waals surface area (Å²) in [4.78, 5) is 19.2. The van der Waals surface area contributed by atoms with E-state index in [1.165, 1.54) is 0 Å². The third-order valence-corrected chi connectivity index (χ3v) is 4.74. The van der Waals surface area contributed by atoms with E-state index in [2.05, 4.69) is 4.98 Å². The number of hydrogen-bond acceptors (Lipinski definition) is 4. The van der Waals surface area contributed by atoms with Gasteiger partial charge in [0.2, 0.25) is 0 Å². The van der Waals surface area contributed by atoms with Gasteiger partial charge in [0.05, 0.1) is 18.7 Å². The molecule has 27 heavy (non-hydrogen) atoms. The number of para-hydroxylation sites is 2. The summed E-state index contributed by atoms with van der Waals surface area (Å²) in [5.41, 5.74) is 1.46. The summed E-state index contributed by atoms with van der Waals surface area (Å²) >= 11 is 0. The van der Waals surface area contributed by atoms with Crippen molar-refractivity contribution in [2.24, 2.45) is 0 Å². The van der Waals surface area contributed by atoms with Crippen LogP contribution in [0.1, 0.15) is 23.7 Å². The van der Waals surface area contributed by atoms with E-state index in [-0.39, 0.29) is 12.0 Å². The lowest BCUT2D eigenvalue weighted by Crippen LogP contribution is -2.31. The minimum absolute atomic E-state index is 0.0128. The zero-order chi connectivity index (χ0) is 18.6. The highest BCUT2D eigenvalue weighted by Crippen LogP contribution is 2.27. The monoisotopic (exact) mass is 362 g/mol. The summed E-state index contributed by atoms with van der Waals surface area (Å²) in [6.45, 7) is 3.67. The van der Waals surface area contributed by atoms with Crippen LogP contribution in [0, 0.1) is 0 Å². The number of benzene rings is 2. The fourth-order valence-corrected chi connectivity index (χ4v) is 3.45. The Hall–Kier alpha value is -3.08. The molecule has 0 bridgehead atoms. The minimum Gasteiger partial charge on any atom is -0.493 e. The highest BCUT2D eigenvalue weighted by molar-refractivity contribution is 5.97. The topological polar surface area (TPSA) is 51.7 Å². The molecule has 1 fully saturated rings. The number of aromatic nitrogens is 1. The van der Waals surface area contributed by atoms with Crippen LogP contribution in [0.15, 0.2) is 60.8 Å². The predicted octanol–water partition coefficient (Wildman–Crippen LogP) is 3.93. The Labute approximate surface area is 158 Å². The van der Waals surface area contributed by atoms with Crippen molar-refractivity contribution in [3.63, 3.8) is 0 Å². The normalized spacial score (nSPS) is 16.5. The van der Waals surface area contributed by atoms with Crippen molar-refractivity contribution >= 4 is 16.8 Å². The van der Waals surface area contributed by atoms with Gasteiger partial charge in [-0.05, 0) is 31.2 Å². The van der Waals surface area contributed by atoms with Crippen LogP contribution < -0.4 is 9.47 Å². The standard InChI is InChI=1S/C22H22N2O3/c1-2-26-19-10-4-3-9-18(19)22(25)24-14-12-17(15-24)27-20-11-5-7-16-8-6-13-23-21(16)20/h3-11,13,17H,2,12,14-15H2,1H3. The Morgan fingerprint density at radius 3 is 2.81 bits per heavy atom. The second-order valence-electron chi connectivity index (χ2n) is 6.54. The van der Waals surface area contributed by atoms with Crippen molar-refractivity contribution in [2.45, 2.75) is 19.4 Å². The Bertz CT molecular complexity index is 952. The molecule has 2 heterocycles. The molecule has 3 aromatic rings. The van der Waals surface area contributed by atoms with Gasteiger partial charge in [-0.25, -0.2) is 0 Å². The first-order valence-electron chi connectivity index (χ1n) is 9.27. The van der Waals surface area contributed by atoms with Crippen molar-refractivity contribution in [1.29, 1.82) is 0 Å². The highest BCUT2D eigenvalue weighted by Gasteiger charge is 2.30. The van der Waals surface area contributed by atoms with Crippen molar-refractivity contribution in [3.05, 3.63) is 66.4 Å². The molecule has 138 valence electrons. The van der Waals surface area contributed by atoms with Crippen LogP contribution in [-0.4, -0.2) is 41.6 Å². The molecule has 0 spiro atoms. The fraction of sp³-hybridized carbons (Fsp3) is 0.273. The van der Waals surface area contributed by atoms with E-state index in [1.54, 1.807) is 6.20 Å². The summed E-state index contributed by atoms with van der Waals surface area (Å²) in [6.07, 6.45) is 2.52. The molecule has 1 atom stereocenters. The van der Waals surface area contributed by atoms with E-state index < -0.39 is 0 Å². The largest absolute Gasteiger partial charge is 0.493 e. The number of rotatable bonds is 5. The zero-order valence-electron chi connectivity index (χ0n) is 15.3. The lowest BCUT2D eigenvalue weighted by atomic mass is 10.2. The first kappa shape index (κ1) is 17.3. The number of ether oxygens (including phenoxy) is 2. The first-order chi connectivity index (χ1) is 13.3. The predicted molar refractivity (Wildman–Crippen MR) is 104 cm³/mol. The molecular formula is C22H22N2O3. The third kappa shape index (κ3) is 3.58. The molecule has 0 saturated carbocycles. The van der Waals surface area contributed by atoms with Gasteiger partial charge < -0.3 is 14.4 Å². The molecular weight excluding hydrogens is 340 g/mol. The van der Waals surface area contributed by atoms with Crippen molar-refractivity contribution < 1.29 is 14.3 Å². The van der Waals surface area contributed by atoms with Gasteiger partial charge in [0, 0.05) is 24.5 Å². The maximum absolute atomic E-state index is 12.9. The van der Waals surface area contributed by atoms with Crippen LogP contribution in [0.3, 0.4) is 0 Å². The molecule has 0 aliphatic carbocycles. The van der Waals surface area contributed by atoms with Crippen LogP contribution in [-0.2, 0) is 0 Å². The quantitative estimate of drug-likeness (QED) is 0.690. The lowest BCUT2D eigenvalue weighted by molar-refractivity contribution is 0.0768. The van der Waals surface area contributed by atoms with Crippen LogP contribution >= 0.6 is 0 Å². The van der Waals surface area contributed by atoms with Gasteiger partial charge in [0.25, 0.3) is 5.91 Å². The molecule has 1 amide bonds. The van der Waals surface area contributed by atoms with Gasteiger partial charge in [-0.15, -0.1) is 0 Å². The number of carbonyl (C=O) groups excluding carboxylic acids is 1. The maximum Gasteiger partial charge on any atom is 0.257 e. The average molecular weight is 362 g/mol. The SMILES string of the molecule is CCOc1ccccc1C(=O)N1CCC(Oc2cccc3cccnc23)C1. The van der Waals surface area contributed by atoms with Gasteiger partial charge >= 0.3 is 0 Å². The maximum atomic E-state index is 12.9. The van der Waals surface area contributed by atoms with Gasteiger partial charge in [-0.1, -0.05) is 30.3 Å². The zero-order valence-corrected chi connectivity index (χ0v) is 15.3. The van der Waals surface area contributed by atoms with E-state index in [0.29, 0.717) is 31.0 Å². The summed E-state index contributed by atoms with van der Waals surface area (Å²) < 4.78 is 11.8. The molecule has 1 aliphatic rings. The van der Waals surface area contributed by atoms with Gasteiger partial charge in [-0.3, -0.25) is 9.78 Å². The molecule has 1 aromatic heterocycles. The Morgan fingerprint density at radius 1 is 1.11 bits per heavy atom. The molecule has 1 unspecified atom stereocenters. The minimum atomic E-state index is -0.0409. The Kier molecular flexibility index (Phi) is 4.92. The van der Waals surface area contributed by atoms with Crippen molar-refractivity contribution in [2.75, 3.05) is 19.7 Å².